The first-order chi connectivity index (χ1) is 13.6. The first kappa shape index (κ1) is 19.4. The Bertz CT molecular complexity index is 918. The van der Waals surface area contributed by atoms with Gasteiger partial charge in [0.05, 0.1) is 0 Å². The van der Waals surface area contributed by atoms with Crippen LogP contribution in [0.1, 0.15) is 31.1 Å². The van der Waals surface area contributed by atoms with Gasteiger partial charge < -0.3 is 15.5 Å². The van der Waals surface area contributed by atoms with Gasteiger partial charge in [0.1, 0.15) is 18.0 Å². The molecule has 6 nitrogen and oxygen atoms in total. The van der Waals surface area contributed by atoms with Gasteiger partial charge in [-0.15, -0.1) is 0 Å². The number of nitrogens with one attached hydrogen (secondary N) is 2. The molecule has 1 heterocycles. The lowest BCUT2D eigenvalue weighted by Crippen LogP contribution is -2.21. The third kappa shape index (κ3) is 4.85. The molecule has 2 N–H and O–H groups in total. The smallest absolute Gasteiger partial charge is 0.159 e. The van der Waals surface area contributed by atoms with Crippen molar-refractivity contribution < 1.29 is 4.79 Å². The van der Waals surface area contributed by atoms with Gasteiger partial charge in [-0.1, -0.05) is 0 Å². The number of hydrogen-bond acceptors (Lipinski definition) is 6. The van der Waals surface area contributed by atoms with E-state index in [1.165, 1.54) is 12.0 Å². The van der Waals surface area contributed by atoms with Gasteiger partial charge >= 0.3 is 0 Å². The molecule has 6 heteroatoms. The summed E-state index contributed by atoms with van der Waals surface area (Å²) in [5.41, 5.74) is 3.71. The minimum atomic E-state index is 0.0482. The van der Waals surface area contributed by atoms with E-state index < -0.39 is 0 Å². The van der Waals surface area contributed by atoms with E-state index in [-0.39, 0.29) is 5.78 Å². The van der Waals surface area contributed by atoms with Gasteiger partial charge in [-0.2, -0.15) is 0 Å². The lowest BCUT2D eigenvalue weighted by atomic mass is 10.1. The third-order valence-electron chi connectivity index (χ3n) is 4.50. The highest BCUT2D eigenvalue weighted by Gasteiger charge is 2.04. The third-order valence-corrected chi connectivity index (χ3v) is 4.50. The number of carbonyl (C=O) groups excluding carboxylic acids is 1. The number of benzene rings is 2. The first-order valence-electron chi connectivity index (χ1n) is 9.41. The van der Waals surface area contributed by atoms with Crippen molar-refractivity contribution in [2.75, 3.05) is 28.6 Å². The number of Topliss-reactive ketones (excluding diaryl/α,β-unsaturated/α-hetero) is 1. The van der Waals surface area contributed by atoms with Crippen molar-refractivity contribution in [3.05, 3.63) is 66.5 Å². The first-order valence-corrected chi connectivity index (χ1v) is 9.41. The van der Waals surface area contributed by atoms with E-state index in [2.05, 4.69) is 51.5 Å². The van der Waals surface area contributed by atoms with Crippen molar-refractivity contribution in [3.8, 4) is 0 Å². The maximum absolute atomic E-state index is 11.4. The Morgan fingerprint density at radius 3 is 1.82 bits per heavy atom. The molecule has 144 valence electrons. The van der Waals surface area contributed by atoms with Gasteiger partial charge in [0.2, 0.25) is 0 Å². The summed E-state index contributed by atoms with van der Waals surface area (Å²) in [7, 11) is 0. The van der Waals surface area contributed by atoms with E-state index in [0.29, 0.717) is 17.2 Å². The predicted molar refractivity (Wildman–Crippen MR) is 115 cm³/mol. The average molecular weight is 375 g/mol. The second-order valence-electron chi connectivity index (χ2n) is 6.39. The fraction of sp³-hybridized carbons (Fsp3) is 0.227. The number of hydrogen-bond donors (Lipinski definition) is 2. The van der Waals surface area contributed by atoms with Crippen molar-refractivity contribution in [2.45, 2.75) is 20.8 Å². The molecule has 0 amide bonds. The van der Waals surface area contributed by atoms with Crippen LogP contribution in [0.5, 0.6) is 0 Å². The number of carbonyl (C=O) groups is 1. The number of anilines is 5. The van der Waals surface area contributed by atoms with Crippen molar-refractivity contribution in [2.24, 2.45) is 0 Å². The van der Waals surface area contributed by atoms with Gasteiger partial charge in [-0.05, 0) is 69.3 Å². The quantitative estimate of drug-likeness (QED) is 0.539. The van der Waals surface area contributed by atoms with Gasteiger partial charge in [0.15, 0.2) is 5.78 Å². The van der Waals surface area contributed by atoms with Crippen LogP contribution in [-0.2, 0) is 0 Å². The Labute approximate surface area is 165 Å². The summed E-state index contributed by atoms with van der Waals surface area (Å²) in [6.45, 7) is 7.83. The molecule has 3 aromatic rings. The van der Waals surface area contributed by atoms with Crippen LogP contribution < -0.4 is 15.5 Å². The van der Waals surface area contributed by atoms with E-state index in [1.54, 1.807) is 19.1 Å². The number of ketones is 1. The van der Waals surface area contributed by atoms with Gasteiger partial charge in [-0.25, -0.2) is 9.97 Å². The Morgan fingerprint density at radius 1 is 0.857 bits per heavy atom. The predicted octanol–water partition coefficient (Wildman–Crippen LogP) is 5.01. The lowest BCUT2D eigenvalue weighted by molar-refractivity contribution is 0.101. The second kappa shape index (κ2) is 8.99. The molecule has 0 unspecified atom stereocenters. The highest BCUT2D eigenvalue weighted by atomic mass is 16.1. The van der Waals surface area contributed by atoms with Crippen LogP contribution in [0.15, 0.2) is 60.9 Å². The summed E-state index contributed by atoms with van der Waals surface area (Å²) >= 11 is 0. The Kier molecular flexibility index (Phi) is 6.22. The van der Waals surface area contributed by atoms with Crippen LogP contribution in [0.3, 0.4) is 0 Å². The molecule has 0 atom stereocenters. The summed E-state index contributed by atoms with van der Waals surface area (Å²) in [5.74, 6) is 1.42. The standard InChI is InChI=1S/C22H25N5O/c1-4-27(5-2)20-12-10-19(11-13-20)26-22-14-21(23-15-24-22)25-18-8-6-17(7-9-18)16(3)28/h6-15H,4-5H2,1-3H3,(H2,23,24,25,26). The molecular formula is C22H25N5O. The number of nitrogens with zero attached hydrogens (tertiary/aromatic N) is 3. The van der Waals surface area contributed by atoms with Crippen LogP contribution in [0.25, 0.3) is 0 Å². The molecule has 1 aromatic heterocycles. The normalized spacial score (nSPS) is 10.4. The summed E-state index contributed by atoms with van der Waals surface area (Å²) < 4.78 is 0. The Morgan fingerprint density at radius 2 is 1.36 bits per heavy atom. The van der Waals surface area contributed by atoms with E-state index in [1.807, 2.05) is 30.3 Å². The monoisotopic (exact) mass is 375 g/mol. The largest absolute Gasteiger partial charge is 0.372 e. The summed E-state index contributed by atoms with van der Waals surface area (Å²) in [6.07, 6.45) is 1.51. The lowest BCUT2D eigenvalue weighted by Gasteiger charge is -2.21. The number of aromatic nitrogens is 2. The van der Waals surface area contributed by atoms with Gasteiger partial charge in [0, 0.05) is 41.8 Å². The zero-order valence-corrected chi connectivity index (χ0v) is 16.4. The van der Waals surface area contributed by atoms with Crippen LogP contribution in [0.4, 0.5) is 28.7 Å². The van der Waals surface area contributed by atoms with Crippen molar-refractivity contribution in [1.29, 1.82) is 0 Å². The zero-order valence-electron chi connectivity index (χ0n) is 16.4. The molecule has 0 fully saturated rings. The summed E-state index contributed by atoms with van der Waals surface area (Å²) in [5, 5.41) is 6.53. The number of rotatable bonds is 8. The molecule has 0 aliphatic carbocycles. The van der Waals surface area contributed by atoms with E-state index in [4.69, 9.17) is 0 Å². The van der Waals surface area contributed by atoms with Crippen LogP contribution in [0.2, 0.25) is 0 Å². The Balaban J connectivity index is 1.68. The van der Waals surface area contributed by atoms with E-state index in [9.17, 15) is 4.79 Å². The molecule has 0 aliphatic heterocycles. The molecule has 3 rings (SSSR count). The van der Waals surface area contributed by atoms with Crippen molar-refractivity contribution in [3.63, 3.8) is 0 Å². The minimum Gasteiger partial charge on any atom is -0.372 e. The maximum Gasteiger partial charge on any atom is 0.159 e. The summed E-state index contributed by atoms with van der Waals surface area (Å²) in [4.78, 5) is 22.2. The maximum atomic E-state index is 11.4. The van der Waals surface area contributed by atoms with Crippen LogP contribution in [0, 0.1) is 0 Å². The molecule has 0 saturated heterocycles. The molecule has 0 saturated carbocycles. The molecule has 0 spiro atoms. The minimum absolute atomic E-state index is 0.0482. The van der Waals surface area contributed by atoms with E-state index in [0.717, 1.165) is 24.5 Å². The molecule has 2 aromatic carbocycles. The van der Waals surface area contributed by atoms with Crippen molar-refractivity contribution >= 4 is 34.5 Å². The van der Waals surface area contributed by atoms with Gasteiger partial charge in [-0.3, -0.25) is 4.79 Å². The fourth-order valence-corrected chi connectivity index (χ4v) is 2.92. The highest BCUT2D eigenvalue weighted by molar-refractivity contribution is 5.94. The fourth-order valence-electron chi connectivity index (χ4n) is 2.92. The topological polar surface area (TPSA) is 70.2 Å². The Hall–Kier alpha value is -3.41. The van der Waals surface area contributed by atoms with E-state index >= 15 is 0 Å². The second-order valence-corrected chi connectivity index (χ2v) is 6.39. The molecule has 0 radical (unpaired) electrons. The zero-order chi connectivity index (χ0) is 19.9. The van der Waals surface area contributed by atoms with Gasteiger partial charge in [0.25, 0.3) is 0 Å². The molecule has 28 heavy (non-hydrogen) atoms. The molecule has 0 bridgehead atoms. The molecule has 0 aliphatic rings. The summed E-state index contributed by atoms with van der Waals surface area (Å²) in [6, 6.07) is 17.4. The average Bonchev–Trinajstić information content (AvgIpc) is 2.71. The van der Waals surface area contributed by atoms with Crippen molar-refractivity contribution in [1.82, 2.24) is 9.97 Å². The van der Waals surface area contributed by atoms with Crippen LogP contribution >= 0.6 is 0 Å². The SMILES string of the molecule is CCN(CC)c1ccc(Nc2cc(Nc3ccc(C(C)=O)cc3)ncn2)cc1. The van der Waals surface area contributed by atoms with Crippen LogP contribution in [-0.4, -0.2) is 28.8 Å². The highest BCUT2D eigenvalue weighted by Crippen LogP contribution is 2.22. The molecular weight excluding hydrogens is 350 g/mol.